The van der Waals surface area contributed by atoms with Gasteiger partial charge in [0.1, 0.15) is 5.82 Å². The van der Waals surface area contributed by atoms with Crippen molar-refractivity contribution >= 4 is 51.4 Å². The quantitative estimate of drug-likeness (QED) is 0.310. The second-order valence-corrected chi connectivity index (χ2v) is 12.7. The van der Waals surface area contributed by atoms with Crippen molar-refractivity contribution in [1.29, 1.82) is 0 Å². The third-order valence-corrected chi connectivity index (χ3v) is 9.58. The van der Waals surface area contributed by atoms with Gasteiger partial charge in [0.15, 0.2) is 0 Å². The van der Waals surface area contributed by atoms with Crippen molar-refractivity contribution in [2.24, 2.45) is 5.92 Å². The summed E-state index contributed by atoms with van der Waals surface area (Å²) in [7, 11) is 0. The molecule has 6 nitrogen and oxygen atoms in total. The van der Waals surface area contributed by atoms with E-state index < -0.39 is 0 Å². The van der Waals surface area contributed by atoms with Gasteiger partial charge in [-0.2, -0.15) is 0 Å². The molecule has 2 bridgehead atoms. The molecular formula is C29H37IN4O2. The number of amides is 1. The second kappa shape index (κ2) is 10.5. The molecule has 0 radical (unpaired) electrons. The highest BCUT2D eigenvalue weighted by Gasteiger charge is 2.41. The number of anilines is 4. The van der Waals surface area contributed by atoms with Crippen molar-refractivity contribution < 1.29 is 9.53 Å². The molecule has 2 unspecified atom stereocenters. The van der Waals surface area contributed by atoms with Gasteiger partial charge in [-0.15, -0.1) is 0 Å². The monoisotopic (exact) mass is 600 g/mol. The summed E-state index contributed by atoms with van der Waals surface area (Å²) in [6.07, 6.45) is 12.0. The van der Waals surface area contributed by atoms with Crippen molar-refractivity contribution in [1.82, 2.24) is 4.98 Å². The minimum Gasteiger partial charge on any atom is -0.378 e. The standard InChI is InChI=1S/C29H37IN4O2/c1-2-14-36-25-10-5-19(6-11-25)29(35)33-18-20-4-3-13-31-28(20)32-26-12-9-24(17-27(26)33)34-22-7-8-23(34)16-21(30)15-22/h3-4,9,12-13,17,19,21-23,25H,2,5-8,10-11,14-16,18H2,1H3,(H,31,32). The Hall–Kier alpha value is -1.87. The van der Waals surface area contributed by atoms with Gasteiger partial charge in [0.05, 0.1) is 24.0 Å². The molecule has 2 aromatic rings. The van der Waals surface area contributed by atoms with E-state index in [-0.39, 0.29) is 11.8 Å². The van der Waals surface area contributed by atoms with Gasteiger partial charge >= 0.3 is 0 Å². The van der Waals surface area contributed by atoms with Crippen LogP contribution < -0.4 is 15.1 Å². The molecule has 2 saturated heterocycles. The zero-order chi connectivity index (χ0) is 24.6. The Balaban J connectivity index is 1.30. The fourth-order valence-corrected chi connectivity index (χ4v) is 7.96. The Morgan fingerprint density at radius 2 is 1.89 bits per heavy atom. The van der Waals surface area contributed by atoms with Crippen molar-refractivity contribution in [3.63, 3.8) is 0 Å². The first kappa shape index (κ1) is 24.5. The number of fused-ring (bicyclic) bond motifs is 4. The summed E-state index contributed by atoms with van der Waals surface area (Å²) in [5.41, 5.74) is 4.30. The first-order chi connectivity index (χ1) is 17.6. The highest BCUT2D eigenvalue weighted by Crippen LogP contribution is 2.45. The number of halogens is 1. The van der Waals surface area contributed by atoms with E-state index in [1.54, 1.807) is 0 Å². The number of alkyl halides is 1. The molecule has 36 heavy (non-hydrogen) atoms. The molecule has 1 amide bonds. The van der Waals surface area contributed by atoms with Crippen LogP contribution in [0.25, 0.3) is 0 Å². The third-order valence-electron chi connectivity index (χ3n) is 8.57. The molecule has 3 fully saturated rings. The number of benzene rings is 1. The van der Waals surface area contributed by atoms with Gasteiger partial charge in [-0.3, -0.25) is 4.79 Å². The molecule has 3 aliphatic heterocycles. The number of aromatic nitrogens is 1. The van der Waals surface area contributed by atoms with Crippen LogP contribution in [0.3, 0.4) is 0 Å². The first-order valence-electron chi connectivity index (χ1n) is 13.8. The maximum absolute atomic E-state index is 14.1. The van der Waals surface area contributed by atoms with Crippen LogP contribution >= 0.6 is 22.6 Å². The summed E-state index contributed by atoms with van der Waals surface area (Å²) >= 11 is 2.64. The molecule has 2 atom stereocenters. The van der Waals surface area contributed by atoms with Crippen molar-refractivity contribution in [2.45, 2.75) is 93.4 Å². The number of hydrogen-bond donors (Lipinski definition) is 1. The SMILES string of the molecule is CCCOC1CCC(C(=O)N2Cc3cccnc3Nc3ccc(N4C5CCC4CC(I)C5)cc32)CC1. The van der Waals surface area contributed by atoms with E-state index in [0.29, 0.717) is 24.7 Å². The van der Waals surface area contributed by atoms with Gasteiger partial charge in [-0.1, -0.05) is 35.6 Å². The lowest BCUT2D eigenvalue weighted by molar-refractivity contribution is -0.124. The van der Waals surface area contributed by atoms with Gasteiger partial charge < -0.3 is 19.9 Å². The van der Waals surface area contributed by atoms with Crippen LogP contribution in [-0.4, -0.2) is 39.6 Å². The lowest BCUT2D eigenvalue weighted by Crippen LogP contribution is -2.43. The van der Waals surface area contributed by atoms with E-state index in [2.05, 4.69) is 69.0 Å². The molecule has 6 rings (SSSR count). The number of nitrogens with zero attached hydrogens (tertiary/aromatic N) is 3. The molecule has 4 heterocycles. The summed E-state index contributed by atoms with van der Waals surface area (Å²) in [6, 6.07) is 12.0. The number of rotatable bonds is 5. The predicted molar refractivity (Wildman–Crippen MR) is 153 cm³/mol. The van der Waals surface area contributed by atoms with E-state index in [0.717, 1.165) is 65.4 Å². The highest BCUT2D eigenvalue weighted by atomic mass is 127. The van der Waals surface area contributed by atoms with Crippen LogP contribution in [0.5, 0.6) is 0 Å². The van der Waals surface area contributed by atoms with E-state index >= 15 is 0 Å². The predicted octanol–water partition coefficient (Wildman–Crippen LogP) is 6.59. The lowest BCUT2D eigenvalue weighted by atomic mass is 9.86. The van der Waals surface area contributed by atoms with Gasteiger partial charge in [-0.25, -0.2) is 4.98 Å². The van der Waals surface area contributed by atoms with Crippen molar-refractivity contribution in [3.8, 4) is 0 Å². The van der Waals surface area contributed by atoms with Crippen LogP contribution in [0.2, 0.25) is 0 Å². The summed E-state index contributed by atoms with van der Waals surface area (Å²) < 4.78 is 6.77. The second-order valence-electron chi connectivity index (χ2n) is 11.0. The zero-order valence-corrected chi connectivity index (χ0v) is 23.3. The Morgan fingerprint density at radius 3 is 2.64 bits per heavy atom. The largest absolute Gasteiger partial charge is 0.378 e. The highest BCUT2D eigenvalue weighted by molar-refractivity contribution is 14.1. The zero-order valence-electron chi connectivity index (χ0n) is 21.2. The van der Waals surface area contributed by atoms with E-state index in [4.69, 9.17) is 4.74 Å². The fraction of sp³-hybridized carbons (Fsp3) is 0.586. The van der Waals surface area contributed by atoms with Crippen LogP contribution in [0.4, 0.5) is 22.9 Å². The molecule has 4 aliphatic rings. The molecule has 1 aromatic heterocycles. The molecule has 1 saturated carbocycles. The van der Waals surface area contributed by atoms with Gasteiger partial charge in [-0.05, 0) is 82.1 Å². The van der Waals surface area contributed by atoms with Crippen molar-refractivity contribution in [3.05, 3.63) is 42.1 Å². The van der Waals surface area contributed by atoms with Crippen LogP contribution in [0, 0.1) is 5.92 Å². The normalized spacial score (nSPS) is 29.2. The Morgan fingerprint density at radius 1 is 1.11 bits per heavy atom. The maximum atomic E-state index is 14.1. The van der Waals surface area contributed by atoms with Crippen LogP contribution in [0.15, 0.2) is 36.5 Å². The molecular weight excluding hydrogens is 563 g/mol. The van der Waals surface area contributed by atoms with Gasteiger partial charge in [0.25, 0.3) is 0 Å². The van der Waals surface area contributed by atoms with Crippen LogP contribution in [0.1, 0.15) is 70.3 Å². The first-order valence-corrected chi connectivity index (χ1v) is 15.1. The minimum absolute atomic E-state index is 0.0483. The van der Waals surface area contributed by atoms with Crippen LogP contribution in [-0.2, 0) is 16.1 Å². The maximum Gasteiger partial charge on any atom is 0.230 e. The molecule has 1 aromatic carbocycles. The molecule has 192 valence electrons. The number of carbonyl (C=O) groups excluding carboxylic acids is 1. The number of piperidine rings is 1. The number of nitrogens with one attached hydrogen (secondary N) is 1. The average molecular weight is 601 g/mol. The number of ether oxygens (including phenoxy) is 1. The minimum atomic E-state index is 0.0483. The Kier molecular flexibility index (Phi) is 7.12. The molecule has 1 N–H and O–H groups in total. The van der Waals surface area contributed by atoms with Crippen molar-refractivity contribution in [2.75, 3.05) is 21.7 Å². The Bertz CT molecular complexity index is 1090. The average Bonchev–Trinajstić information content (AvgIpc) is 3.07. The summed E-state index contributed by atoms with van der Waals surface area (Å²) in [4.78, 5) is 23.4. The number of pyridine rings is 1. The molecule has 0 spiro atoms. The molecule has 1 aliphatic carbocycles. The smallest absolute Gasteiger partial charge is 0.230 e. The Labute approximate surface area is 228 Å². The van der Waals surface area contributed by atoms with Gasteiger partial charge in [0.2, 0.25) is 5.91 Å². The summed E-state index contributed by atoms with van der Waals surface area (Å²) in [5, 5.41) is 3.55. The number of carbonyl (C=O) groups is 1. The van der Waals surface area contributed by atoms with E-state index in [1.165, 1.54) is 31.4 Å². The van der Waals surface area contributed by atoms with E-state index in [1.807, 2.05) is 17.2 Å². The van der Waals surface area contributed by atoms with E-state index in [9.17, 15) is 4.79 Å². The number of hydrogen-bond acceptors (Lipinski definition) is 5. The topological polar surface area (TPSA) is 57.7 Å². The lowest BCUT2D eigenvalue weighted by Gasteiger charge is -2.40. The summed E-state index contributed by atoms with van der Waals surface area (Å²) in [6.45, 7) is 3.52. The third kappa shape index (κ3) is 4.73. The van der Waals surface area contributed by atoms with Gasteiger partial charge in [0, 0.05) is 46.0 Å². The fourth-order valence-electron chi connectivity index (χ4n) is 6.78. The molecule has 7 heteroatoms. The summed E-state index contributed by atoms with van der Waals surface area (Å²) in [5.74, 6) is 1.14.